The largest absolute Gasteiger partial charge is 0.314 e. The van der Waals surface area contributed by atoms with Crippen molar-refractivity contribution >= 4 is 11.8 Å². The second-order valence-electron chi connectivity index (χ2n) is 4.06. The number of hydrogen-bond acceptors (Lipinski definition) is 2. The predicted octanol–water partition coefficient (Wildman–Crippen LogP) is 3.54. The molecule has 0 heterocycles. The highest BCUT2D eigenvalue weighted by Gasteiger charge is 2.10. The Kier molecular flexibility index (Phi) is 10.1. The van der Waals surface area contributed by atoms with Gasteiger partial charge in [-0.05, 0) is 50.2 Å². The van der Waals surface area contributed by atoms with E-state index >= 15 is 0 Å². The molecular formula is C12H27NS. The Hall–Kier alpha value is 0.310. The lowest BCUT2D eigenvalue weighted by atomic mass is 9.98. The van der Waals surface area contributed by atoms with Crippen LogP contribution in [0.4, 0.5) is 0 Å². The van der Waals surface area contributed by atoms with E-state index in [2.05, 4.69) is 44.8 Å². The van der Waals surface area contributed by atoms with Crippen molar-refractivity contribution in [2.75, 3.05) is 18.1 Å². The molecule has 14 heavy (non-hydrogen) atoms. The number of hydrogen-bond donors (Lipinski definition) is 1. The summed E-state index contributed by atoms with van der Waals surface area (Å²) in [5, 5.41) is 3.57. The highest BCUT2D eigenvalue weighted by atomic mass is 32.2. The third-order valence-electron chi connectivity index (χ3n) is 2.72. The molecule has 2 heteroatoms. The molecule has 0 aromatic heterocycles. The lowest BCUT2D eigenvalue weighted by Gasteiger charge is -2.20. The molecule has 0 aliphatic carbocycles. The average molecular weight is 217 g/mol. The third kappa shape index (κ3) is 7.69. The summed E-state index contributed by atoms with van der Waals surface area (Å²) in [6, 6.07) is 0.682. The highest BCUT2D eigenvalue weighted by molar-refractivity contribution is 7.99. The van der Waals surface area contributed by atoms with Gasteiger partial charge < -0.3 is 5.32 Å². The molecule has 0 saturated heterocycles. The molecule has 86 valence electrons. The molecule has 0 spiro atoms. The van der Waals surface area contributed by atoms with E-state index in [0.717, 1.165) is 12.5 Å². The number of nitrogens with one attached hydrogen (secondary N) is 1. The van der Waals surface area contributed by atoms with Crippen molar-refractivity contribution in [1.29, 1.82) is 0 Å². The Morgan fingerprint density at radius 2 is 1.93 bits per heavy atom. The maximum absolute atomic E-state index is 3.57. The summed E-state index contributed by atoms with van der Waals surface area (Å²) in [7, 11) is 0. The van der Waals surface area contributed by atoms with Crippen molar-refractivity contribution < 1.29 is 0 Å². The second-order valence-corrected chi connectivity index (χ2v) is 5.45. The predicted molar refractivity (Wildman–Crippen MR) is 69.2 cm³/mol. The van der Waals surface area contributed by atoms with Gasteiger partial charge in [-0.15, -0.1) is 0 Å². The molecule has 0 bridgehead atoms. The van der Waals surface area contributed by atoms with Gasteiger partial charge in [-0.1, -0.05) is 20.8 Å². The van der Waals surface area contributed by atoms with Gasteiger partial charge in [0.2, 0.25) is 0 Å². The van der Waals surface area contributed by atoms with Gasteiger partial charge in [0.25, 0.3) is 0 Å². The summed E-state index contributed by atoms with van der Waals surface area (Å²) in [5.41, 5.74) is 0. The molecule has 0 radical (unpaired) electrons. The highest BCUT2D eigenvalue weighted by Crippen LogP contribution is 2.13. The first-order valence-corrected chi connectivity index (χ1v) is 7.18. The molecule has 1 N–H and O–H groups in total. The van der Waals surface area contributed by atoms with E-state index in [1.54, 1.807) is 0 Å². The average Bonchev–Trinajstić information content (AvgIpc) is 2.20. The monoisotopic (exact) mass is 217 g/mol. The first kappa shape index (κ1) is 14.3. The summed E-state index contributed by atoms with van der Waals surface area (Å²) >= 11 is 2.06. The Labute approximate surface area is 94.4 Å². The van der Waals surface area contributed by atoms with Crippen LogP contribution in [0.15, 0.2) is 0 Å². The van der Waals surface area contributed by atoms with Crippen LogP contribution in [0.5, 0.6) is 0 Å². The Morgan fingerprint density at radius 3 is 2.50 bits per heavy atom. The standard InChI is InChI=1S/C12H27NS/c1-5-9-13-12(4)11(3)8-7-10-14-6-2/h11-13H,5-10H2,1-4H3. The summed E-state index contributed by atoms with van der Waals surface area (Å²) < 4.78 is 0. The fraction of sp³-hybridized carbons (Fsp3) is 1.00. The molecule has 0 rings (SSSR count). The molecule has 0 amide bonds. The van der Waals surface area contributed by atoms with Gasteiger partial charge in [-0.25, -0.2) is 0 Å². The van der Waals surface area contributed by atoms with E-state index in [-0.39, 0.29) is 0 Å². The minimum absolute atomic E-state index is 0.682. The van der Waals surface area contributed by atoms with Gasteiger partial charge >= 0.3 is 0 Å². The van der Waals surface area contributed by atoms with Crippen molar-refractivity contribution in [3.05, 3.63) is 0 Å². The minimum atomic E-state index is 0.682. The number of rotatable bonds is 9. The lowest BCUT2D eigenvalue weighted by molar-refractivity contribution is 0.378. The molecule has 2 unspecified atom stereocenters. The number of thioether (sulfide) groups is 1. The zero-order chi connectivity index (χ0) is 10.8. The summed E-state index contributed by atoms with van der Waals surface area (Å²) in [6.07, 6.45) is 3.98. The smallest absolute Gasteiger partial charge is 0.00643 e. The topological polar surface area (TPSA) is 12.0 Å². The van der Waals surface area contributed by atoms with E-state index in [1.807, 2.05) is 0 Å². The van der Waals surface area contributed by atoms with Crippen LogP contribution in [0, 0.1) is 5.92 Å². The molecule has 0 aliphatic rings. The fourth-order valence-electron chi connectivity index (χ4n) is 1.47. The summed E-state index contributed by atoms with van der Waals surface area (Å²) in [4.78, 5) is 0. The van der Waals surface area contributed by atoms with E-state index in [9.17, 15) is 0 Å². The van der Waals surface area contributed by atoms with Gasteiger partial charge in [0.1, 0.15) is 0 Å². The second kappa shape index (κ2) is 9.85. The normalized spacial score (nSPS) is 15.4. The van der Waals surface area contributed by atoms with Gasteiger partial charge in [0.05, 0.1) is 0 Å². The van der Waals surface area contributed by atoms with Gasteiger partial charge in [-0.3, -0.25) is 0 Å². The van der Waals surface area contributed by atoms with Crippen molar-refractivity contribution in [3.8, 4) is 0 Å². The minimum Gasteiger partial charge on any atom is -0.314 e. The van der Waals surface area contributed by atoms with Gasteiger partial charge in [0, 0.05) is 6.04 Å². The summed E-state index contributed by atoms with van der Waals surface area (Å²) in [5.74, 6) is 3.42. The zero-order valence-corrected chi connectivity index (χ0v) is 11.1. The van der Waals surface area contributed by atoms with Crippen LogP contribution >= 0.6 is 11.8 Å². The molecule has 0 saturated carbocycles. The van der Waals surface area contributed by atoms with Crippen LogP contribution in [0.25, 0.3) is 0 Å². The molecule has 0 aliphatic heterocycles. The van der Waals surface area contributed by atoms with Gasteiger partial charge in [-0.2, -0.15) is 11.8 Å². The molecule has 0 aromatic rings. The Bertz CT molecular complexity index is 117. The first-order valence-electron chi connectivity index (χ1n) is 6.03. The van der Waals surface area contributed by atoms with E-state index in [0.29, 0.717) is 6.04 Å². The van der Waals surface area contributed by atoms with E-state index in [1.165, 1.54) is 30.8 Å². The molecule has 2 atom stereocenters. The fourth-order valence-corrected chi connectivity index (χ4v) is 2.13. The van der Waals surface area contributed by atoms with E-state index in [4.69, 9.17) is 0 Å². The van der Waals surface area contributed by atoms with Gasteiger partial charge in [0.15, 0.2) is 0 Å². The van der Waals surface area contributed by atoms with Crippen molar-refractivity contribution in [2.24, 2.45) is 5.92 Å². The maximum Gasteiger partial charge on any atom is 0.00643 e. The maximum atomic E-state index is 3.57. The molecule has 0 aromatic carbocycles. The van der Waals surface area contributed by atoms with Crippen molar-refractivity contribution in [2.45, 2.75) is 53.0 Å². The molecule has 0 fully saturated rings. The first-order chi connectivity index (χ1) is 6.72. The van der Waals surface area contributed by atoms with Crippen LogP contribution in [0.3, 0.4) is 0 Å². The van der Waals surface area contributed by atoms with Crippen LogP contribution in [-0.4, -0.2) is 24.1 Å². The SMILES string of the molecule is CCCNC(C)C(C)CCCSCC. The van der Waals surface area contributed by atoms with Crippen LogP contribution in [0.2, 0.25) is 0 Å². The Morgan fingerprint density at radius 1 is 1.21 bits per heavy atom. The Balaban J connectivity index is 3.36. The quantitative estimate of drug-likeness (QED) is 0.593. The van der Waals surface area contributed by atoms with Crippen LogP contribution < -0.4 is 5.32 Å². The van der Waals surface area contributed by atoms with Crippen LogP contribution in [-0.2, 0) is 0 Å². The summed E-state index contributed by atoms with van der Waals surface area (Å²) in [6.45, 7) is 10.3. The van der Waals surface area contributed by atoms with Crippen molar-refractivity contribution in [3.63, 3.8) is 0 Å². The lowest BCUT2D eigenvalue weighted by Crippen LogP contribution is -2.32. The van der Waals surface area contributed by atoms with Crippen molar-refractivity contribution in [1.82, 2.24) is 5.32 Å². The van der Waals surface area contributed by atoms with Crippen LogP contribution in [0.1, 0.15) is 47.0 Å². The zero-order valence-electron chi connectivity index (χ0n) is 10.3. The van der Waals surface area contributed by atoms with E-state index < -0.39 is 0 Å². The molecule has 1 nitrogen and oxygen atoms in total. The molecular weight excluding hydrogens is 190 g/mol. The third-order valence-corrected chi connectivity index (χ3v) is 3.71.